The van der Waals surface area contributed by atoms with Crippen LogP contribution in [0.15, 0.2) is 42.5 Å². The number of carbonyl (C=O) groups excluding carboxylic acids is 4. The van der Waals surface area contributed by atoms with E-state index in [2.05, 4.69) is 29.7 Å². The van der Waals surface area contributed by atoms with E-state index in [4.69, 9.17) is 0 Å². The summed E-state index contributed by atoms with van der Waals surface area (Å²) in [6, 6.07) is 12.6. The quantitative estimate of drug-likeness (QED) is 0.728. The molecule has 2 N–H and O–H groups in total. The standard InChI is InChI=1S/C24H24N4O4/c1-14-4-2-3-5-18(14)16-11-27(12-16)24(32)25-17-6-7-19-15(10-17)13-28(23(19)31)20-8-9-21(29)26-22(20)30/h2-7,10,16,20H,8-9,11-13H2,1H3,(H,25,32)(H,26,29,30). The van der Waals surface area contributed by atoms with Gasteiger partial charge in [0.2, 0.25) is 11.8 Å². The number of piperidine rings is 1. The number of nitrogens with one attached hydrogen (secondary N) is 2. The van der Waals surface area contributed by atoms with Gasteiger partial charge in [0.05, 0.1) is 0 Å². The van der Waals surface area contributed by atoms with Gasteiger partial charge in [-0.1, -0.05) is 24.3 Å². The van der Waals surface area contributed by atoms with Gasteiger partial charge in [-0.05, 0) is 48.2 Å². The molecule has 5 rings (SSSR count). The number of amides is 5. The van der Waals surface area contributed by atoms with Crippen LogP contribution in [0.5, 0.6) is 0 Å². The van der Waals surface area contributed by atoms with Crippen molar-refractivity contribution in [3.05, 3.63) is 64.7 Å². The zero-order chi connectivity index (χ0) is 22.4. The highest BCUT2D eigenvalue weighted by Crippen LogP contribution is 2.31. The van der Waals surface area contributed by atoms with Gasteiger partial charge in [0, 0.05) is 43.2 Å². The lowest BCUT2D eigenvalue weighted by molar-refractivity contribution is -0.136. The maximum absolute atomic E-state index is 12.8. The molecule has 0 aromatic heterocycles. The number of imide groups is 1. The zero-order valence-electron chi connectivity index (χ0n) is 17.8. The molecule has 1 atom stereocenters. The lowest BCUT2D eigenvalue weighted by Gasteiger charge is -2.40. The predicted molar refractivity (Wildman–Crippen MR) is 117 cm³/mol. The summed E-state index contributed by atoms with van der Waals surface area (Å²) >= 11 is 0. The van der Waals surface area contributed by atoms with Gasteiger partial charge in [0.1, 0.15) is 6.04 Å². The number of hydrogen-bond donors (Lipinski definition) is 2. The van der Waals surface area contributed by atoms with E-state index < -0.39 is 11.9 Å². The Kier molecular flexibility index (Phi) is 4.92. The van der Waals surface area contributed by atoms with Gasteiger partial charge in [-0.15, -0.1) is 0 Å². The average Bonchev–Trinajstić information content (AvgIpc) is 3.04. The molecule has 0 spiro atoms. The second-order valence-electron chi connectivity index (χ2n) is 8.66. The Labute approximate surface area is 185 Å². The largest absolute Gasteiger partial charge is 0.323 e. The van der Waals surface area contributed by atoms with Crippen molar-refractivity contribution in [2.45, 2.75) is 38.3 Å². The minimum atomic E-state index is -0.648. The molecule has 2 fully saturated rings. The number of likely N-dealkylation sites (tertiary alicyclic amines) is 1. The van der Waals surface area contributed by atoms with Gasteiger partial charge in [-0.3, -0.25) is 19.7 Å². The van der Waals surface area contributed by atoms with E-state index in [1.807, 2.05) is 12.1 Å². The molecular weight excluding hydrogens is 408 g/mol. The van der Waals surface area contributed by atoms with Crippen molar-refractivity contribution in [3.8, 4) is 0 Å². The van der Waals surface area contributed by atoms with Gasteiger partial charge in [-0.25, -0.2) is 4.79 Å². The van der Waals surface area contributed by atoms with Crippen LogP contribution >= 0.6 is 0 Å². The maximum atomic E-state index is 12.8. The number of benzene rings is 2. The van der Waals surface area contributed by atoms with Gasteiger partial charge in [0.25, 0.3) is 5.91 Å². The van der Waals surface area contributed by atoms with E-state index in [0.717, 1.165) is 5.56 Å². The first kappa shape index (κ1) is 20.2. The van der Waals surface area contributed by atoms with E-state index in [-0.39, 0.29) is 30.8 Å². The summed E-state index contributed by atoms with van der Waals surface area (Å²) in [5.74, 6) is -0.620. The molecule has 8 heteroatoms. The molecule has 32 heavy (non-hydrogen) atoms. The molecule has 0 saturated carbocycles. The van der Waals surface area contributed by atoms with Crippen LogP contribution in [0.3, 0.4) is 0 Å². The Bertz CT molecular complexity index is 1140. The van der Waals surface area contributed by atoms with Gasteiger partial charge in [0.15, 0.2) is 0 Å². The van der Waals surface area contributed by atoms with Gasteiger partial charge < -0.3 is 15.1 Å². The van der Waals surface area contributed by atoms with Crippen molar-refractivity contribution in [3.63, 3.8) is 0 Å². The highest BCUT2D eigenvalue weighted by atomic mass is 16.2. The number of aryl methyl sites for hydroxylation is 1. The Morgan fingerprint density at radius 1 is 1.09 bits per heavy atom. The van der Waals surface area contributed by atoms with Crippen LogP contribution in [0, 0.1) is 6.92 Å². The fraction of sp³-hybridized carbons (Fsp3) is 0.333. The summed E-state index contributed by atoms with van der Waals surface area (Å²) in [4.78, 5) is 52.3. The minimum Gasteiger partial charge on any atom is -0.323 e. The highest BCUT2D eigenvalue weighted by molar-refractivity contribution is 6.05. The van der Waals surface area contributed by atoms with Crippen LogP contribution in [0.2, 0.25) is 0 Å². The van der Waals surface area contributed by atoms with Gasteiger partial charge in [-0.2, -0.15) is 0 Å². The first-order valence-electron chi connectivity index (χ1n) is 10.8. The third-order valence-electron chi connectivity index (χ3n) is 6.57. The molecule has 0 bridgehead atoms. The molecule has 3 heterocycles. The van der Waals surface area contributed by atoms with Crippen LogP contribution in [0.4, 0.5) is 10.5 Å². The first-order valence-corrected chi connectivity index (χ1v) is 10.8. The van der Waals surface area contributed by atoms with Gasteiger partial charge >= 0.3 is 6.03 Å². The summed E-state index contributed by atoms with van der Waals surface area (Å²) in [6.07, 6.45) is 0.544. The fourth-order valence-corrected chi connectivity index (χ4v) is 4.74. The molecular formula is C24H24N4O4. The van der Waals surface area contributed by atoms with Crippen LogP contribution in [0.25, 0.3) is 0 Å². The molecule has 0 aliphatic carbocycles. The molecule has 164 valence electrons. The van der Waals surface area contributed by atoms with Crippen LogP contribution in [0.1, 0.15) is 45.8 Å². The molecule has 0 radical (unpaired) electrons. The van der Waals surface area contributed by atoms with E-state index in [1.165, 1.54) is 16.0 Å². The Morgan fingerprint density at radius 3 is 2.62 bits per heavy atom. The van der Waals surface area contributed by atoms with Crippen molar-refractivity contribution in [2.75, 3.05) is 18.4 Å². The van der Waals surface area contributed by atoms with E-state index in [1.54, 1.807) is 23.1 Å². The molecule has 1 unspecified atom stereocenters. The molecule has 2 aromatic carbocycles. The predicted octanol–water partition coefficient (Wildman–Crippen LogP) is 2.39. The van der Waals surface area contributed by atoms with Crippen molar-refractivity contribution < 1.29 is 19.2 Å². The van der Waals surface area contributed by atoms with Crippen LogP contribution in [-0.4, -0.2) is 52.7 Å². The molecule has 3 aliphatic rings. The number of anilines is 1. The topological polar surface area (TPSA) is 98.8 Å². The lowest BCUT2D eigenvalue weighted by Crippen LogP contribution is -2.52. The normalized spacial score (nSPS) is 20.7. The number of rotatable bonds is 3. The summed E-state index contributed by atoms with van der Waals surface area (Å²) in [5, 5.41) is 5.22. The molecule has 8 nitrogen and oxygen atoms in total. The number of carbonyl (C=O) groups is 4. The zero-order valence-corrected chi connectivity index (χ0v) is 17.8. The molecule has 5 amide bonds. The Balaban J connectivity index is 1.22. The van der Waals surface area contributed by atoms with E-state index in [9.17, 15) is 19.2 Å². The van der Waals surface area contributed by atoms with Crippen LogP contribution < -0.4 is 10.6 Å². The van der Waals surface area contributed by atoms with Crippen molar-refractivity contribution in [2.24, 2.45) is 0 Å². The number of fused-ring (bicyclic) bond motifs is 1. The lowest BCUT2D eigenvalue weighted by atomic mass is 9.89. The summed E-state index contributed by atoms with van der Waals surface area (Å²) in [5.41, 5.74) is 4.42. The number of hydrogen-bond acceptors (Lipinski definition) is 4. The molecule has 2 aromatic rings. The third kappa shape index (κ3) is 3.51. The number of urea groups is 1. The molecule has 2 saturated heterocycles. The van der Waals surface area contributed by atoms with Crippen molar-refractivity contribution >= 4 is 29.4 Å². The second-order valence-corrected chi connectivity index (χ2v) is 8.66. The SMILES string of the molecule is Cc1ccccc1C1CN(C(=O)Nc2ccc3c(c2)CN(C2CCC(=O)NC2=O)C3=O)C1. The average molecular weight is 432 g/mol. The van der Waals surface area contributed by atoms with Crippen molar-refractivity contribution in [1.29, 1.82) is 0 Å². The molecule has 3 aliphatic heterocycles. The fourth-order valence-electron chi connectivity index (χ4n) is 4.74. The van der Waals surface area contributed by atoms with E-state index >= 15 is 0 Å². The third-order valence-corrected chi connectivity index (χ3v) is 6.57. The minimum absolute atomic E-state index is 0.166. The summed E-state index contributed by atoms with van der Waals surface area (Å²) in [7, 11) is 0. The first-order chi connectivity index (χ1) is 15.4. The van der Waals surface area contributed by atoms with E-state index in [0.29, 0.717) is 36.7 Å². The smallest absolute Gasteiger partial charge is 0.321 e. The Hall–Kier alpha value is -3.68. The summed E-state index contributed by atoms with van der Waals surface area (Å²) in [6.45, 7) is 3.71. The van der Waals surface area contributed by atoms with Crippen LogP contribution in [-0.2, 0) is 16.1 Å². The summed E-state index contributed by atoms with van der Waals surface area (Å²) < 4.78 is 0. The highest BCUT2D eigenvalue weighted by Gasteiger charge is 2.39. The van der Waals surface area contributed by atoms with Crippen molar-refractivity contribution in [1.82, 2.24) is 15.1 Å². The maximum Gasteiger partial charge on any atom is 0.321 e. The second kappa shape index (κ2) is 7.78. The Morgan fingerprint density at radius 2 is 1.88 bits per heavy atom. The number of nitrogens with zero attached hydrogens (tertiary/aromatic N) is 2. The monoisotopic (exact) mass is 432 g/mol.